The molecular weight excluding hydrogens is 324 g/mol. The van der Waals surface area contributed by atoms with Crippen LogP contribution in [-0.2, 0) is 0 Å². The zero-order valence-corrected chi connectivity index (χ0v) is 11.3. The highest BCUT2D eigenvalue weighted by Gasteiger charge is 2.51. The lowest BCUT2D eigenvalue weighted by Crippen LogP contribution is -1.83. The van der Waals surface area contributed by atoms with Crippen LogP contribution < -0.4 is 0 Å². The van der Waals surface area contributed by atoms with Crippen LogP contribution in [0.5, 0.6) is 0 Å². The molecule has 1 aromatic carbocycles. The molecule has 1 aromatic heterocycles. The fourth-order valence-corrected chi connectivity index (χ4v) is 4.40. The minimum atomic E-state index is 0.181. The second-order valence-electron chi connectivity index (χ2n) is 3.70. The van der Waals surface area contributed by atoms with Crippen LogP contribution in [0.25, 0.3) is 10.1 Å². The van der Waals surface area contributed by atoms with Gasteiger partial charge < -0.3 is 0 Å². The van der Waals surface area contributed by atoms with Gasteiger partial charge in [-0.25, -0.2) is 0 Å². The molecular formula is C11H8Br2S. The lowest BCUT2D eigenvalue weighted by atomic mass is 10.2. The maximum absolute atomic E-state index is 3.67. The fraction of sp³-hybridized carbons (Fsp3) is 0.273. The molecule has 1 aliphatic rings. The molecule has 72 valence electrons. The summed E-state index contributed by atoms with van der Waals surface area (Å²) >= 11 is 9.25. The molecule has 0 saturated heterocycles. The van der Waals surface area contributed by atoms with Gasteiger partial charge in [-0.2, -0.15) is 0 Å². The quantitative estimate of drug-likeness (QED) is 0.654. The second kappa shape index (κ2) is 3.06. The van der Waals surface area contributed by atoms with Gasteiger partial charge in [0.15, 0.2) is 0 Å². The Morgan fingerprint density at radius 2 is 2.00 bits per heavy atom. The van der Waals surface area contributed by atoms with E-state index in [-0.39, 0.29) is 3.23 Å². The van der Waals surface area contributed by atoms with E-state index < -0.39 is 0 Å². The van der Waals surface area contributed by atoms with Crippen molar-refractivity contribution in [1.82, 2.24) is 0 Å². The third-order valence-electron chi connectivity index (χ3n) is 2.61. The molecule has 3 rings (SSSR count). The molecule has 0 nitrogen and oxygen atoms in total. The topological polar surface area (TPSA) is 0 Å². The van der Waals surface area contributed by atoms with E-state index in [2.05, 4.69) is 62.2 Å². The number of alkyl halides is 2. The Bertz CT molecular complexity index is 454. The first-order chi connectivity index (χ1) is 6.67. The average Bonchev–Trinajstić information content (AvgIpc) is 2.62. The average molecular weight is 332 g/mol. The standard InChI is InChI=1S/C11H8Br2S/c12-11(13)6-8(11)10-5-7-3-1-2-4-9(7)14-10/h1-5,8H,6H2. The molecule has 14 heavy (non-hydrogen) atoms. The molecule has 0 N–H and O–H groups in total. The maximum Gasteiger partial charge on any atom is 0.0889 e. The van der Waals surface area contributed by atoms with Crippen molar-refractivity contribution in [1.29, 1.82) is 0 Å². The second-order valence-corrected chi connectivity index (χ2v) is 8.71. The molecule has 0 bridgehead atoms. The van der Waals surface area contributed by atoms with E-state index in [1.54, 1.807) is 0 Å². The van der Waals surface area contributed by atoms with Gasteiger partial charge in [-0.1, -0.05) is 50.1 Å². The van der Waals surface area contributed by atoms with E-state index in [1.807, 2.05) is 11.3 Å². The van der Waals surface area contributed by atoms with Crippen molar-refractivity contribution < 1.29 is 0 Å². The zero-order valence-electron chi connectivity index (χ0n) is 7.34. The van der Waals surface area contributed by atoms with Crippen LogP contribution in [0.2, 0.25) is 0 Å². The summed E-state index contributed by atoms with van der Waals surface area (Å²) in [7, 11) is 0. The maximum atomic E-state index is 3.67. The number of hydrogen-bond acceptors (Lipinski definition) is 1. The molecule has 0 aliphatic heterocycles. The summed E-state index contributed by atoms with van der Waals surface area (Å²) in [4.78, 5) is 1.49. The SMILES string of the molecule is BrC1(Br)CC1c1cc2ccccc2s1. The van der Waals surface area contributed by atoms with Crippen molar-refractivity contribution in [2.45, 2.75) is 15.6 Å². The summed E-state index contributed by atoms with van der Waals surface area (Å²) < 4.78 is 1.58. The molecule has 3 heteroatoms. The van der Waals surface area contributed by atoms with E-state index in [0.717, 1.165) is 0 Å². The Hall–Kier alpha value is 0.140. The summed E-state index contributed by atoms with van der Waals surface area (Å²) in [6.45, 7) is 0. The van der Waals surface area contributed by atoms with Gasteiger partial charge in [0.05, 0.1) is 3.23 Å². The normalized spacial score (nSPS) is 24.0. The Kier molecular flexibility index (Phi) is 2.05. The number of hydrogen-bond donors (Lipinski definition) is 0. The van der Waals surface area contributed by atoms with Gasteiger partial charge in [0, 0.05) is 15.5 Å². The number of thiophene rings is 1. The molecule has 1 fully saturated rings. The predicted molar refractivity (Wildman–Crippen MR) is 69.8 cm³/mol. The number of fused-ring (bicyclic) bond motifs is 1. The Balaban J connectivity index is 2.08. The third kappa shape index (κ3) is 1.46. The van der Waals surface area contributed by atoms with Crippen LogP contribution in [0.1, 0.15) is 17.2 Å². The van der Waals surface area contributed by atoms with Crippen molar-refractivity contribution in [2.75, 3.05) is 0 Å². The van der Waals surface area contributed by atoms with Crippen LogP contribution in [0, 0.1) is 0 Å². The third-order valence-corrected chi connectivity index (χ3v) is 5.60. The highest BCUT2D eigenvalue weighted by Crippen LogP contribution is 2.63. The minimum Gasteiger partial charge on any atom is -0.140 e. The van der Waals surface area contributed by atoms with Crippen molar-refractivity contribution in [2.24, 2.45) is 0 Å². The van der Waals surface area contributed by atoms with Crippen molar-refractivity contribution in [3.63, 3.8) is 0 Å². The van der Waals surface area contributed by atoms with Gasteiger partial charge >= 0.3 is 0 Å². The van der Waals surface area contributed by atoms with Crippen LogP contribution in [-0.4, -0.2) is 3.23 Å². The molecule has 1 heterocycles. The molecule has 1 aliphatic carbocycles. The Labute approximate surface area is 104 Å². The predicted octanol–water partition coefficient (Wildman–Crippen LogP) is 4.87. The highest BCUT2D eigenvalue weighted by atomic mass is 79.9. The lowest BCUT2D eigenvalue weighted by Gasteiger charge is -1.94. The number of rotatable bonds is 1. The number of halogens is 2. The van der Waals surface area contributed by atoms with Crippen molar-refractivity contribution >= 4 is 53.3 Å². The summed E-state index contributed by atoms with van der Waals surface area (Å²) in [5.41, 5.74) is 0. The van der Waals surface area contributed by atoms with Gasteiger partial charge in [-0.15, -0.1) is 11.3 Å². The molecule has 2 aromatic rings. The van der Waals surface area contributed by atoms with Gasteiger partial charge in [-0.05, 0) is 23.9 Å². The summed E-state index contributed by atoms with van der Waals surface area (Å²) in [5.74, 6) is 0.653. The molecule has 1 unspecified atom stereocenters. The Morgan fingerprint density at radius 3 is 2.64 bits per heavy atom. The van der Waals surface area contributed by atoms with Crippen LogP contribution in [0.15, 0.2) is 30.3 Å². The molecule has 0 spiro atoms. The first kappa shape index (κ1) is 9.37. The zero-order chi connectivity index (χ0) is 9.76. The monoisotopic (exact) mass is 330 g/mol. The van der Waals surface area contributed by atoms with Crippen LogP contribution >= 0.6 is 43.2 Å². The smallest absolute Gasteiger partial charge is 0.0889 e. The lowest BCUT2D eigenvalue weighted by molar-refractivity contribution is 1.18. The highest BCUT2D eigenvalue weighted by molar-refractivity contribution is 9.25. The van der Waals surface area contributed by atoms with Crippen LogP contribution in [0.4, 0.5) is 0 Å². The summed E-state index contributed by atoms with van der Waals surface area (Å²) in [6, 6.07) is 10.9. The first-order valence-corrected chi connectivity index (χ1v) is 6.93. The van der Waals surface area contributed by atoms with Crippen molar-refractivity contribution in [3.8, 4) is 0 Å². The van der Waals surface area contributed by atoms with Gasteiger partial charge in [0.2, 0.25) is 0 Å². The van der Waals surface area contributed by atoms with E-state index >= 15 is 0 Å². The summed E-state index contributed by atoms with van der Waals surface area (Å²) in [5, 5.41) is 1.37. The molecule has 1 saturated carbocycles. The van der Waals surface area contributed by atoms with Gasteiger partial charge in [0.25, 0.3) is 0 Å². The Morgan fingerprint density at radius 1 is 1.29 bits per heavy atom. The van der Waals surface area contributed by atoms with Crippen LogP contribution in [0.3, 0.4) is 0 Å². The first-order valence-electron chi connectivity index (χ1n) is 4.53. The molecule has 0 radical (unpaired) electrons. The summed E-state index contributed by atoms with van der Waals surface area (Å²) in [6.07, 6.45) is 1.19. The van der Waals surface area contributed by atoms with E-state index in [1.165, 1.54) is 21.4 Å². The van der Waals surface area contributed by atoms with Gasteiger partial charge in [0.1, 0.15) is 0 Å². The van der Waals surface area contributed by atoms with Crippen molar-refractivity contribution in [3.05, 3.63) is 35.2 Å². The van der Waals surface area contributed by atoms with Gasteiger partial charge in [-0.3, -0.25) is 0 Å². The van der Waals surface area contributed by atoms with E-state index in [9.17, 15) is 0 Å². The largest absolute Gasteiger partial charge is 0.140 e. The molecule has 0 amide bonds. The number of benzene rings is 1. The fourth-order valence-electron chi connectivity index (χ4n) is 1.70. The van der Waals surface area contributed by atoms with E-state index in [0.29, 0.717) is 5.92 Å². The minimum absolute atomic E-state index is 0.181. The van der Waals surface area contributed by atoms with E-state index in [4.69, 9.17) is 0 Å². The molecule has 1 atom stereocenters.